The molecule has 0 fully saturated rings. The number of halogens is 1. The van der Waals surface area contributed by atoms with Crippen LogP contribution in [0.2, 0.25) is 0 Å². The van der Waals surface area contributed by atoms with Crippen LogP contribution in [0.1, 0.15) is 54.0 Å². The SMILES string of the molecule is C[C@@H](CNc1ncc(C(N)=O)c(Nc2cccc(C(=O)Cc3cccc(F)c3)c2)n1)NC(=O)OC(C)(C)C. The predicted molar refractivity (Wildman–Crippen MR) is 142 cm³/mol. The fraction of sp³-hybridized carbons (Fsp3) is 0.296. The Balaban J connectivity index is 1.71. The standard InChI is InChI=1S/C27H31FN6O4/c1-16(32-26(37)38-27(2,3)4)14-30-25-31-15-21(23(29)36)24(34-25)33-20-10-6-8-18(13-20)22(35)12-17-7-5-9-19(28)11-17/h5-11,13,15-16H,12,14H2,1-4H3,(H2,29,36)(H,32,37)(H2,30,31,33,34)/t16-/m0/s1. The number of amides is 2. The van der Waals surface area contributed by atoms with E-state index in [1.807, 2.05) is 0 Å². The molecule has 0 unspecified atom stereocenters. The van der Waals surface area contributed by atoms with Gasteiger partial charge in [0.1, 0.15) is 22.8 Å². The van der Waals surface area contributed by atoms with E-state index in [-0.39, 0.29) is 42.1 Å². The van der Waals surface area contributed by atoms with Gasteiger partial charge >= 0.3 is 6.09 Å². The highest BCUT2D eigenvalue weighted by Crippen LogP contribution is 2.21. The molecule has 1 aromatic heterocycles. The number of benzene rings is 2. The lowest BCUT2D eigenvalue weighted by molar-refractivity contribution is 0.0510. The Hall–Kier alpha value is -4.54. The molecule has 11 heteroatoms. The Kier molecular flexibility index (Phi) is 8.95. The van der Waals surface area contributed by atoms with Crippen LogP contribution in [0.5, 0.6) is 0 Å². The summed E-state index contributed by atoms with van der Waals surface area (Å²) in [6.45, 7) is 7.37. The molecule has 3 aromatic rings. The molecule has 1 atom stereocenters. The van der Waals surface area contributed by atoms with Crippen molar-refractivity contribution >= 4 is 35.2 Å². The molecule has 0 saturated carbocycles. The largest absolute Gasteiger partial charge is 0.444 e. The minimum Gasteiger partial charge on any atom is -0.444 e. The first-order valence-electron chi connectivity index (χ1n) is 11.9. The number of Topliss-reactive ketones (excluding diaryl/α,β-unsaturated/α-hetero) is 1. The number of nitrogens with one attached hydrogen (secondary N) is 3. The number of nitrogens with two attached hydrogens (primary N) is 1. The molecule has 0 spiro atoms. The maximum atomic E-state index is 13.5. The van der Waals surface area contributed by atoms with E-state index in [9.17, 15) is 18.8 Å². The Labute approximate surface area is 220 Å². The van der Waals surface area contributed by atoms with Crippen LogP contribution in [0.25, 0.3) is 0 Å². The van der Waals surface area contributed by atoms with E-state index in [1.165, 1.54) is 18.3 Å². The molecule has 3 rings (SSSR count). The molecule has 5 N–H and O–H groups in total. The lowest BCUT2D eigenvalue weighted by atomic mass is 10.0. The van der Waals surface area contributed by atoms with Gasteiger partial charge in [-0.1, -0.05) is 24.3 Å². The van der Waals surface area contributed by atoms with Crippen molar-refractivity contribution in [3.63, 3.8) is 0 Å². The van der Waals surface area contributed by atoms with Gasteiger partial charge in [-0.2, -0.15) is 4.98 Å². The number of alkyl carbamates (subject to hydrolysis) is 1. The first kappa shape index (κ1) is 28.0. The van der Waals surface area contributed by atoms with E-state index in [0.29, 0.717) is 16.8 Å². The van der Waals surface area contributed by atoms with Crippen molar-refractivity contribution < 1.29 is 23.5 Å². The van der Waals surface area contributed by atoms with E-state index in [2.05, 4.69) is 25.9 Å². The zero-order valence-corrected chi connectivity index (χ0v) is 21.7. The highest BCUT2D eigenvalue weighted by Gasteiger charge is 2.18. The zero-order valence-electron chi connectivity index (χ0n) is 21.7. The van der Waals surface area contributed by atoms with Gasteiger partial charge in [0.05, 0.1) is 0 Å². The van der Waals surface area contributed by atoms with Crippen molar-refractivity contribution in [2.75, 3.05) is 17.2 Å². The Morgan fingerprint density at radius 3 is 2.53 bits per heavy atom. The van der Waals surface area contributed by atoms with Crippen LogP contribution in [-0.4, -0.2) is 45.9 Å². The van der Waals surface area contributed by atoms with Crippen LogP contribution >= 0.6 is 0 Å². The normalized spacial score (nSPS) is 11.8. The van der Waals surface area contributed by atoms with E-state index in [4.69, 9.17) is 10.5 Å². The number of hydrogen-bond donors (Lipinski definition) is 4. The second kappa shape index (κ2) is 12.1. The van der Waals surface area contributed by atoms with Crippen molar-refractivity contribution in [3.8, 4) is 0 Å². The summed E-state index contributed by atoms with van der Waals surface area (Å²) in [7, 11) is 0. The van der Waals surface area contributed by atoms with Gasteiger partial charge in [0.25, 0.3) is 5.91 Å². The van der Waals surface area contributed by atoms with Crippen molar-refractivity contribution in [1.29, 1.82) is 0 Å². The maximum absolute atomic E-state index is 13.5. The summed E-state index contributed by atoms with van der Waals surface area (Å²) in [6.07, 6.45) is 0.765. The van der Waals surface area contributed by atoms with Gasteiger partial charge in [0, 0.05) is 36.5 Å². The number of ether oxygens (including phenoxy) is 1. The molecule has 38 heavy (non-hydrogen) atoms. The topological polar surface area (TPSA) is 148 Å². The molecule has 0 aliphatic carbocycles. The summed E-state index contributed by atoms with van der Waals surface area (Å²) in [5.74, 6) is -1.03. The van der Waals surface area contributed by atoms with E-state index < -0.39 is 23.4 Å². The molecule has 0 aliphatic rings. The summed E-state index contributed by atoms with van der Waals surface area (Å²) in [5.41, 5.74) is 6.37. The van der Waals surface area contributed by atoms with E-state index in [1.54, 1.807) is 64.1 Å². The van der Waals surface area contributed by atoms with Crippen LogP contribution in [0.15, 0.2) is 54.7 Å². The van der Waals surface area contributed by atoms with Gasteiger partial charge in [-0.05, 0) is 57.5 Å². The fourth-order valence-corrected chi connectivity index (χ4v) is 3.39. The third-order valence-corrected chi connectivity index (χ3v) is 5.08. The summed E-state index contributed by atoms with van der Waals surface area (Å²) >= 11 is 0. The van der Waals surface area contributed by atoms with Gasteiger partial charge in [0.2, 0.25) is 5.95 Å². The average Bonchev–Trinajstić information content (AvgIpc) is 2.81. The summed E-state index contributed by atoms with van der Waals surface area (Å²) < 4.78 is 18.7. The monoisotopic (exact) mass is 522 g/mol. The van der Waals surface area contributed by atoms with E-state index >= 15 is 0 Å². The van der Waals surface area contributed by atoms with Gasteiger partial charge in [-0.15, -0.1) is 0 Å². The summed E-state index contributed by atoms with van der Waals surface area (Å²) in [6, 6.07) is 12.2. The predicted octanol–water partition coefficient (Wildman–Crippen LogP) is 4.21. The maximum Gasteiger partial charge on any atom is 0.407 e. The molecular formula is C27H31FN6O4. The molecule has 2 amide bonds. The quantitative estimate of drug-likeness (QED) is 0.290. The van der Waals surface area contributed by atoms with Crippen LogP contribution < -0.4 is 21.7 Å². The molecule has 0 aliphatic heterocycles. The second-order valence-electron chi connectivity index (χ2n) is 9.68. The summed E-state index contributed by atoms with van der Waals surface area (Å²) in [4.78, 5) is 45.2. The van der Waals surface area contributed by atoms with Gasteiger partial charge in [-0.3, -0.25) is 9.59 Å². The number of aromatic nitrogens is 2. The van der Waals surface area contributed by atoms with Crippen molar-refractivity contribution in [1.82, 2.24) is 15.3 Å². The number of primary amides is 1. The molecule has 200 valence electrons. The van der Waals surface area contributed by atoms with Crippen molar-refractivity contribution in [2.24, 2.45) is 5.73 Å². The van der Waals surface area contributed by atoms with Crippen molar-refractivity contribution in [2.45, 2.75) is 45.8 Å². The summed E-state index contributed by atoms with van der Waals surface area (Å²) in [5, 5.41) is 8.72. The van der Waals surface area contributed by atoms with Crippen molar-refractivity contribution in [3.05, 3.63) is 77.2 Å². The Morgan fingerprint density at radius 2 is 1.84 bits per heavy atom. The number of carbonyl (C=O) groups is 3. The van der Waals surface area contributed by atoms with E-state index in [0.717, 1.165) is 0 Å². The molecular weight excluding hydrogens is 491 g/mol. The smallest absolute Gasteiger partial charge is 0.407 e. The number of rotatable bonds is 10. The lowest BCUT2D eigenvalue weighted by Crippen LogP contribution is -2.41. The fourth-order valence-electron chi connectivity index (χ4n) is 3.39. The molecule has 10 nitrogen and oxygen atoms in total. The molecule has 1 heterocycles. The number of hydrogen-bond acceptors (Lipinski definition) is 8. The van der Waals surface area contributed by atoms with Gasteiger partial charge in [0.15, 0.2) is 5.78 Å². The lowest BCUT2D eigenvalue weighted by Gasteiger charge is -2.22. The first-order valence-corrected chi connectivity index (χ1v) is 11.9. The van der Waals surface area contributed by atoms with Crippen LogP contribution in [0.3, 0.4) is 0 Å². The molecule has 2 aromatic carbocycles. The van der Waals surface area contributed by atoms with Crippen LogP contribution in [0.4, 0.5) is 26.6 Å². The second-order valence-corrected chi connectivity index (χ2v) is 9.68. The number of anilines is 3. The number of ketones is 1. The minimum atomic E-state index is -0.739. The first-order chi connectivity index (χ1) is 17.9. The third-order valence-electron chi connectivity index (χ3n) is 5.08. The van der Waals surface area contributed by atoms with Crippen LogP contribution in [0, 0.1) is 5.82 Å². The molecule has 0 radical (unpaired) electrons. The third kappa shape index (κ3) is 8.54. The Bertz CT molecular complexity index is 1320. The average molecular weight is 523 g/mol. The Morgan fingerprint density at radius 1 is 1.11 bits per heavy atom. The highest BCUT2D eigenvalue weighted by molar-refractivity contribution is 6.00. The van der Waals surface area contributed by atoms with Crippen LogP contribution in [-0.2, 0) is 11.2 Å². The number of carbonyl (C=O) groups excluding carboxylic acids is 3. The zero-order chi connectivity index (χ0) is 27.9. The number of nitrogens with zero attached hydrogens (tertiary/aromatic N) is 2. The minimum absolute atomic E-state index is 0.0326. The molecule has 0 saturated heterocycles. The van der Waals surface area contributed by atoms with Gasteiger partial charge < -0.3 is 26.4 Å². The highest BCUT2D eigenvalue weighted by atomic mass is 19.1. The molecule has 0 bridgehead atoms. The van der Waals surface area contributed by atoms with Gasteiger partial charge in [-0.25, -0.2) is 14.2 Å².